The standard InChI is InChI=1S/C46H30N2S2Si/c1-2-15-38(16-3-1)51-43-19-6-4-17-40(43)49-42-22-21-39(45(46(42)51)50-41-18-5-7-20-44(41)51)32-12-8-11-31(25-32)35-26-36(33-13-9-23-47-29-33)28-37(27-35)34-14-10-24-48-30-34/h1-30H. The predicted molar refractivity (Wildman–Crippen MR) is 216 cm³/mol. The predicted octanol–water partition coefficient (Wildman–Crippen LogP) is 9.45. The number of nitrogens with zero attached hydrogens (tertiary/aromatic N) is 2. The van der Waals surface area contributed by atoms with E-state index in [1.54, 1.807) is 0 Å². The van der Waals surface area contributed by atoms with Gasteiger partial charge < -0.3 is 0 Å². The van der Waals surface area contributed by atoms with Crippen LogP contribution < -0.4 is 20.7 Å². The molecule has 10 rings (SSSR count). The third-order valence-electron chi connectivity index (χ3n) is 10.1. The lowest BCUT2D eigenvalue weighted by molar-refractivity contribution is 1.32. The summed E-state index contributed by atoms with van der Waals surface area (Å²) in [6.07, 6.45) is 7.53. The molecule has 5 heteroatoms. The van der Waals surface area contributed by atoms with Crippen LogP contribution in [0.25, 0.3) is 44.5 Å². The van der Waals surface area contributed by atoms with Crippen LogP contribution in [-0.2, 0) is 0 Å². The van der Waals surface area contributed by atoms with Crippen molar-refractivity contribution in [2.24, 2.45) is 0 Å². The van der Waals surface area contributed by atoms with Crippen molar-refractivity contribution in [1.29, 1.82) is 0 Å². The van der Waals surface area contributed by atoms with E-state index in [0.717, 1.165) is 22.3 Å². The Kier molecular flexibility index (Phi) is 7.38. The molecule has 2 aliphatic heterocycles. The van der Waals surface area contributed by atoms with Crippen LogP contribution >= 0.6 is 23.5 Å². The second-order valence-corrected chi connectivity index (χ2v) is 18.8. The second kappa shape index (κ2) is 12.4. The summed E-state index contributed by atoms with van der Waals surface area (Å²) in [6, 6.07) is 58.6. The van der Waals surface area contributed by atoms with Gasteiger partial charge in [0, 0.05) is 55.5 Å². The minimum atomic E-state index is -2.64. The molecule has 2 aliphatic rings. The van der Waals surface area contributed by atoms with E-state index in [1.165, 1.54) is 62.6 Å². The van der Waals surface area contributed by atoms with E-state index in [4.69, 9.17) is 0 Å². The highest BCUT2D eigenvalue weighted by atomic mass is 32.2. The van der Waals surface area contributed by atoms with Crippen molar-refractivity contribution in [3.63, 3.8) is 0 Å². The third kappa shape index (κ3) is 4.95. The molecule has 0 N–H and O–H groups in total. The Hall–Kier alpha value is -5.46. The highest BCUT2D eigenvalue weighted by Crippen LogP contribution is 2.46. The molecule has 0 saturated heterocycles. The highest BCUT2D eigenvalue weighted by molar-refractivity contribution is 8.01. The van der Waals surface area contributed by atoms with Gasteiger partial charge in [-0.1, -0.05) is 127 Å². The summed E-state index contributed by atoms with van der Waals surface area (Å²) in [4.78, 5) is 14.4. The average Bonchev–Trinajstić information content (AvgIpc) is 3.21. The summed E-state index contributed by atoms with van der Waals surface area (Å²) in [5, 5.41) is 5.95. The maximum Gasteiger partial charge on any atom is 0.184 e. The van der Waals surface area contributed by atoms with Crippen molar-refractivity contribution in [3.05, 3.63) is 183 Å². The van der Waals surface area contributed by atoms with Crippen LogP contribution in [0.4, 0.5) is 0 Å². The first-order valence-corrected chi connectivity index (χ1v) is 20.7. The molecule has 1 atom stereocenters. The minimum Gasteiger partial charge on any atom is -0.264 e. The highest BCUT2D eigenvalue weighted by Gasteiger charge is 2.51. The Morgan fingerprint density at radius 3 is 1.59 bits per heavy atom. The smallest absolute Gasteiger partial charge is 0.184 e. The lowest BCUT2D eigenvalue weighted by Gasteiger charge is -2.44. The first-order valence-electron chi connectivity index (χ1n) is 17.1. The molecule has 4 heterocycles. The van der Waals surface area contributed by atoms with Crippen molar-refractivity contribution in [2.45, 2.75) is 19.6 Å². The molecule has 51 heavy (non-hydrogen) atoms. The summed E-state index contributed by atoms with van der Waals surface area (Å²) in [5.74, 6) is 0. The van der Waals surface area contributed by atoms with Gasteiger partial charge in [0.15, 0.2) is 8.07 Å². The zero-order chi connectivity index (χ0) is 33.8. The lowest BCUT2D eigenvalue weighted by atomic mass is 9.93. The molecule has 0 radical (unpaired) electrons. The fourth-order valence-electron chi connectivity index (χ4n) is 7.92. The van der Waals surface area contributed by atoms with Gasteiger partial charge in [0.25, 0.3) is 0 Å². The van der Waals surface area contributed by atoms with Gasteiger partial charge in [-0.05, 0) is 109 Å². The van der Waals surface area contributed by atoms with E-state index < -0.39 is 8.07 Å². The Morgan fingerprint density at radius 1 is 0.392 bits per heavy atom. The molecule has 0 fully saturated rings. The molecule has 240 valence electrons. The zero-order valence-electron chi connectivity index (χ0n) is 27.5. The van der Waals surface area contributed by atoms with Crippen LogP contribution in [0.2, 0.25) is 0 Å². The molecule has 1 unspecified atom stereocenters. The van der Waals surface area contributed by atoms with Crippen LogP contribution in [-0.4, -0.2) is 18.0 Å². The SMILES string of the molecule is c1ccc([Si]23c4ccccc4Sc4ccc(-c5cccc(-c6cc(-c7cccnc7)cc(-c7cccnc7)c6)c5)c(c42)Sc2ccccc23)cc1. The second-order valence-electron chi connectivity index (χ2n) is 13.0. The zero-order valence-corrected chi connectivity index (χ0v) is 30.2. The Bertz CT molecular complexity index is 2520. The molecule has 8 aromatic rings. The van der Waals surface area contributed by atoms with Crippen molar-refractivity contribution >= 4 is 52.3 Å². The van der Waals surface area contributed by atoms with Gasteiger partial charge in [0.05, 0.1) is 0 Å². The summed E-state index contributed by atoms with van der Waals surface area (Å²) >= 11 is 3.88. The maximum absolute atomic E-state index is 4.43. The summed E-state index contributed by atoms with van der Waals surface area (Å²) in [7, 11) is -2.64. The lowest BCUT2D eigenvalue weighted by Crippen LogP contribution is -2.78. The van der Waals surface area contributed by atoms with Gasteiger partial charge in [-0.3, -0.25) is 9.97 Å². The normalized spacial score (nSPS) is 15.4. The van der Waals surface area contributed by atoms with Gasteiger partial charge in [0.2, 0.25) is 0 Å². The first kappa shape index (κ1) is 30.4. The summed E-state index contributed by atoms with van der Waals surface area (Å²) in [5.41, 5.74) is 9.32. The molecule has 2 nitrogen and oxygen atoms in total. The van der Waals surface area contributed by atoms with Gasteiger partial charge in [-0.25, -0.2) is 0 Å². The number of fused-ring (bicyclic) bond motifs is 4. The van der Waals surface area contributed by atoms with Crippen molar-refractivity contribution in [2.75, 3.05) is 0 Å². The average molecular weight is 703 g/mol. The molecule has 0 amide bonds. The number of hydrogen-bond donors (Lipinski definition) is 0. The van der Waals surface area contributed by atoms with Crippen molar-refractivity contribution < 1.29 is 0 Å². The quantitative estimate of drug-likeness (QED) is 0.167. The van der Waals surface area contributed by atoms with E-state index in [1.807, 2.05) is 60.4 Å². The molecule has 0 bridgehead atoms. The number of aromatic nitrogens is 2. The Morgan fingerprint density at radius 2 is 0.941 bits per heavy atom. The first-order chi connectivity index (χ1) is 25.3. The van der Waals surface area contributed by atoms with Gasteiger partial charge in [0.1, 0.15) is 0 Å². The van der Waals surface area contributed by atoms with E-state index >= 15 is 0 Å². The molecular weight excluding hydrogens is 673 g/mol. The number of benzene rings is 6. The number of hydrogen-bond acceptors (Lipinski definition) is 4. The monoisotopic (exact) mass is 702 g/mol. The van der Waals surface area contributed by atoms with E-state index in [2.05, 4.69) is 156 Å². The van der Waals surface area contributed by atoms with Crippen molar-refractivity contribution in [3.8, 4) is 44.5 Å². The van der Waals surface area contributed by atoms with Crippen LogP contribution in [0, 0.1) is 0 Å². The van der Waals surface area contributed by atoms with E-state index in [9.17, 15) is 0 Å². The molecule has 0 saturated carbocycles. The maximum atomic E-state index is 4.43. The Labute approximate surface area is 307 Å². The fraction of sp³-hybridized carbons (Fsp3) is 0. The van der Waals surface area contributed by atoms with Crippen LogP contribution in [0.5, 0.6) is 0 Å². The number of rotatable bonds is 5. The largest absolute Gasteiger partial charge is 0.264 e. The fourth-order valence-corrected chi connectivity index (χ4v) is 17.3. The molecule has 2 aromatic heterocycles. The molecule has 0 spiro atoms. The van der Waals surface area contributed by atoms with Crippen LogP contribution in [0.15, 0.2) is 202 Å². The molecule has 6 aromatic carbocycles. The minimum absolute atomic E-state index is 1.09. The van der Waals surface area contributed by atoms with Crippen molar-refractivity contribution in [1.82, 2.24) is 9.97 Å². The van der Waals surface area contributed by atoms with Crippen LogP contribution in [0.1, 0.15) is 0 Å². The third-order valence-corrected chi connectivity index (χ3v) is 18.2. The molecular formula is C46H30N2S2Si. The topological polar surface area (TPSA) is 25.8 Å². The summed E-state index contributed by atoms with van der Waals surface area (Å²) in [6.45, 7) is 0. The summed E-state index contributed by atoms with van der Waals surface area (Å²) < 4.78 is 0. The van der Waals surface area contributed by atoms with Gasteiger partial charge in [-0.2, -0.15) is 0 Å². The number of pyridine rings is 2. The van der Waals surface area contributed by atoms with Crippen LogP contribution in [0.3, 0.4) is 0 Å². The Balaban J connectivity index is 1.19. The molecule has 0 aliphatic carbocycles. The van der Waals surface area contributed by atoms with Gasteiger partial charge in [-0.15, -0.1) is 0 Å². The van der Waals surface area contributed by atoms with E-state index in [-0.39, 0.29) is 0 Å². The van der Waals surface area contributed by atoms with Gasteiger partial charge >= 0.3 is 0 Å². The van der Waals surface area contributed by atoms with E-state index in [0.29, 0.717) is 0 Å².